The number of hydrogen-bond acceptors (Lipinski definition) is 2. The van der Waals surface area contributed by atoms with Crippen LogP contribution in [0, 0.1) is 5.82 Å². The third-order valence-electron chi connectivity index (χ3n) is 3.70. The van der Waals surface area contributed by atoms with Crippen molar-refractivity contribution in [1.82, 2.24) is 10.2 Å². The van der Waals surface area contributed by atoms with Gasteiger partial charge in [0.25, 0.3) is 0 Å². The highest BCUT2D eigenvalue weighted by Crippen LogP contribution is 2.33. The minimum atomic E-state index is -0.406. The molecule has 19 heavy (non-hydrogen) atoms. The molecule has 1 aliphatic heterocycles. The molecule has 0 saturated carbocycles. The molecule has 0 aromatic heterocycles. The smallest absolute Gasteiger partial charge is 0.142 e. The summed E-state index contributed by atoms with van der Waals surface area (Å²) in [6.07, 6.45) is 1.06. The summed E-state index contributed by atoms with van der Waals surface area (Å²) >= 11 is 12.0. The molecule has 1 fully saturated rings. The Labute approximate surface area is 123 Å². The Morgan fingerprint density at radius 2 is 2.05 bits per heavy atom. The first kappa shape index (κ1) is 15.0. The molecule has 1 aliphatic rings. The molecule has 1 saturated heterocycles. The summed E-state index contributed by atoms with van der Waals surface area (Å²) in [6.45, 7) is 7.17. The van der Waals surface area contributed by atoms with Crippen molar-refractivity contribution in [3.05, 3.63) is 33.6 Å². The molecule has 1 N–H and O–H groups in total. The quantitative estimate of drug-likeness (QED) is 0.831. The van der Waals surface area contributed by atoms with Gasteiger partial charge < -0.3 is 5.32 Å². The van der Waals surface area contributed by atoms with E-state index in [-0.39, 0.29) is 11.1 Å². The number of nitrogens with zero attached hydrogens (tertiary/aromatic N) is 1. The topological polar surface area (TPSA) is 15.3 Å². The van der Waals surface area contributed by atoms with Crippen LogP contribution < -0.4 is 5.32 Å². The molecule has 0 amide bonds. The SMILES string of the molecule is CCCN(C1CNC1)C(C)c1cc(F)c(Cl)cc1Cl. The van der Waals surface area contributed by atoms with Crippen LogP contribution in [0.5, 0.6) is 0 Å². The van der Waals surface area contributed by atoms with E-state index in [1.165, 1.54) is 12.1 Å². The van der Waals surface area contributed by atoms with Gasteiger partial charge >= 0.3 is 0 Å². The maximum absolute atomic E-state index is 13.6. The highest BCUT2D eigenvalue weighted by atomic mass is 35.5. The van der Waals surface area contributed by atoms with Crippen molar-refractivity contribution in [1.29, 1.82) is 0 Å². The molecule has 0 spiro atoms. The minimum absolute atomic E-state index is 0.0771. The Hall–Kier alpha value is -0.350. The van der Waals surface area contributed by atoms with Crippen molar-refractivity contribution in [2.24, 2.45) is 0 Å². The van der Waals surface area contributed by atoms with Crippen LogP contribution in [0.25, 0.3) is 0 Å². The Morgan fingerprint density at radius 1 is 1.37 bits per heavy atom. The van der Waals surface area contributed by atoms with Crippen molar-refractivity contribution in [2.45, 2.75) is 32.4 Å². The lowest BCUT2D eigenvalue weighted by atomic mass is 10.0. The molecule has 0 bridgehead atoms. The zero-order valence-corrected chi connectivity index (χ0v) is 12.7. The van der Waals surface area contributed by atoms with Crippen LogP contribution in [0.15, 0.2) is 12.1 Å². The van der Waals surface area contributed by atoms with Crippen LogP contribution in [-0.2, 0) is 0 Å². The molecule has 1 unspecified atom stereocenters. The lowest BCUT2D eigenvalue weighted by Crippen LogP contribution is -2.57. The van der Waals surface area contributed by atoms with Crippen LogP contribution in [0.2, 0.25) is 10.0 Å². The van der Waals surface area contributed by atoms with Crippen molar-refractivity contribution in [2.75, 3.05) is 19.6 Å². The number of hydrogen-bond donors (Lipinski definition) is 1. The van der Waals surface area contributed by atoms with E-state index in [1.54, 1.807) is 0 Å². The average molecular weight is 305 g/mol. The summed E-state index contributed by atoms with van der Waals surface area (Å²) in [5.74, 6) is -0.406. The van der Waals surface area contributed by atoms with Gasteiger partial charge in [0.15, 0.2) is 0 Å². The summed E-state index contributed by atoms with van der Waals surface area (Å²) in [5.41, 5.74) is 0.809. The van der Waals surface area contributed by atoms with Crippen LogP contribution in [0.3, 0.4) is 0 Å². The van der Waals surface area contributed by atoms with Gasteiger partial charge in [-0.25, -0.2) is 4.39 Å². The minimum Gasteiger partial charge on any atom is -0.314 e. The van der Waals surface area contributed by atoms with Crippen LogP contribution in [-0.4, -0.2) is 30.6 Å². The van der Waals surface area contributed by atoms with Gasteiger partial charge in [-0.15, -0.1) is 0 Å². The van der Waals surface area contributed by atoms with E-state index in [0.717, 1.165) is 31.6 Å². The predicted molar refractivity (Wildman–Crippen MR) is 78.5 cm³/mol. The van der Waals surface area contributed by atoms with Gasteiger partial charge in [0, 0.05) is 30.2 Å². The molecule has 106 valence electrons. The second-order valence-corrected chi connectivity index (χ2v) is 5.83. The van der Waals surface area contributed by atoms with Gasteiger partial charge in [0.1, 0.15) is 5.82 Å². The fourth-order valence-corrected chi connectivity index (χ4v) is 3.04. The first-order valence-corrected chi connectivity index (χ1v) is 7.41. The first-order chi connectivity index (χ1) is 9.04. The summed E-state index contributed by atoms with van der Waals surface area (Å²) < 4.78 is 13.6. The van der Waals surface area contributed by atoms with Crippen molar-refractivity contribution in [3.8, 4) is 0 Å². The Bertz CT molecular complexity index is 449. The molecule has 5 heteroatoms. The van der Waals surface area contributed by atoms with Gasteiger partial charge in [0.05, 0.1) is 5.02 Å². The molecular weight excluding hydrogens is 286 g/mol. The molecule has 1 aromatic carbocycles. The second kappa shape index (κ2) is 6.40. The summed E-state index contributed by atoms with van der Waals surface area (Å²) in [6, 6.07) is 3.55. The molecule has 0 aliphatic carbocycles. The highest BCUT2D eigenvalue weighted by molar-refractivity contribution is 6.35. The van der Waals surface area contributed by atoms with Crippen LogP contribution in [0.4, 0.5) is 4.39 Å². The van der Waals surface area contributed by atoms with E-state index in [1.807, 2.05) is 0 Å². The van der Waals surface area contributed by atoms with E-state index < -0.39 is 5.82 Å². The third kappa shape index (κ3) is 3.22. The Balaban J connectivity index is 2.25. The van der Waals surface area contributed by atoms with Gasteiger partial charge in [-0.2, -0.15) is 0 Å². The zero-order valence-electron chi connectivity index (χ0n) is 11.2. The van der Waals surface area contributed by atoms with Crippen LogP contribution in [0.1, 0.15) is 31.9 Å². The maximum atomic E-state index is 13.6. The Morgan fingerprint density at radius 3 is 2.58 bits per heavy atom. The predicted octanol–water partition coefficient (Wildman–Crippen LogP) is 3.88. The average Bonchev–Trinajstić information content (AvgIpc) is 2.30. The van der Waals surface area contributed by atoms with E-state index in [9.17, 15) is 4.39 Å². The number of halogens is 3. The summed E-state index contributed by atoms with van der Waals surface area (Å²) in [7, 11) is 0. The van der Waals surface area contributed by atoms with E-state index in [4.69, 9.17) is 23.2 Å². The van der Waals surface area contributed by atoms with Crippen LogP contribution >= 0.6 is 23.2 Å². The number of nitrogens with one attached hydrogen (secondary N) is 1. The molecule has 1 heterocycles. The van der Waals surface area contributed by atoms with E-state index >= 15 is 0 Å². The van der Waals surface area contributed by atoms with E-state index in [2.05, 4.69) is 24.1 Å². The maximum Gasteiger partial charge on any atom is 0.142 e. The zero-order chi connectivity index (χ0) is 14.0. The standard InChI is InChI=1S/C14H19Cl2FN2/c1-3-4-19(10-7-18-8-10)9(2)11-5-14(17)13(16)6-12(11)15/h5-6,9-10,18H,3-4,7-8H2,1-2H3. The molecule has 2 rings (SSSR count). The highest BCUT2D eigenvalue weighted by Gasteiger charge is 2.29. The summed E-state index contributed by atoms with van der Waals surface area (Å²) in [5, 5.41) is 3.88. The Kier molecular flexibility index (Phi) is 5.07. The fraction of sp³-hybridized carbons (Fsp3) is 0.571. The van der Waals surface area contributed by atoms with Gasteiger partial charge in [-0.3, -0.25) is 4.90 Å². The monoisotopic (exact) mass is 304 g/mol. The molecule has 2 nitrogen and oxygen atoms in total. The van der Waals surface area contributed by atoms with Crippen molar-refractivity contribution in [3.63, 3.8) is 0 Å². The molecular formula is C14H19Cl2FN2. The number of benzene rings is 1. The van der Waals surface area contributed by atoms with Crippen molar-refractivity contribution < 1.29 is 4.39 Å². The molecule has 1 aromatic rings. The largest absolute Gasteiger partial charge is 0.314 e. The molecule has 0 radical (unpaired) electrons. The number of rotatable bonds is 5. The lowest BCUT2D eigenvalue weighted by molar-refractivity contribution is 0.103. The van der Waals surface area contributed by atoms with Gasteiger partial charge in [-0.05, 0) is 37.6 Å². The fourth-order valence-electron chi connectivity index (χ4n) is 2.50. The third-order valence-corrected chi connectivity index (χ3v) is 4.31. The lowest BCUT2D eigenvalue weighted by Gasteiger charge is -2.42. The second-order valence-electron chi connectivity index (χ2n) is 5.01. The first-order valence-electron chi connectivity index (χ1n) is 6.65. The molecule has 1 atom stereocenters. The van der Waals surface area contributed by atoms with Gasteiger partial charge in [-0.1, -0.05) is 30.1 Å². The van der Waals surface area contributed by atoms with E-state index in [0.29, 0.717) is 11.1 Å². The normalized spacial score (nSPS) is 17.6. The van der Waals surface area contributed by atoms with Gasteiger partial charge in [0.2, 0.25) is 0 Å². The summed E-state index contributed by atoms with van der Waals surface area (Å²) in [4.78, 5) is 2.38. The van der Waals surface area contributed by atoms with Crippen molar-refractivity contribution >= 4 is 23.2 Å².